The van der Waals surface area contributed by atoms with E-state index in [0.29, 0.717) is 18.3 Å². The average molecular weight is 303 g/mol. The van der Waals surface area contributed by atoms with Gasteiger partial charge in [0.2, 0.25) is 0 Å². The molecule has 110 valence electrons. The number of fused-ring (bicyclic) bond motifs is 1. The molecule has 2 unspecified atom stereocenters. The van der Waals surface area contributed by atoms with Crippen LogP contribution in [0.2, 0.25) is 0 Å². The molecule has 0 radical (unpaired) electrons. The molecule has 0 bridgehead atoms. The molecule has 3 rings (SSSR count). The van der Waals surface area contributed by atoms with Crippen LogP contribution in [0.3, 0.4) is 0 Å². The molecular weight excluding hydrogens is 285 g/mol. The molecular formula is C17H18FNOS. The molecule has 0 saturated heterocycles. The van der Waals surface area contributed by atoms with E-state index in [1.807, 2.05) is 36.9 Å². The summed E-state index contributed by atoms with van der Waals surface area (Å²) >= 11 is 1.83. The lowest BCUT2D eigenvalue weighted by Crippen LogP contribution is -2.11. The van der Waals surface area contributed by atoms with Crippen LogP contribution in [0.1, 0.15) is 30.0 Å². The summed E-state index contributed by atoms with van der Waals surface area (Å²) in [5.41, 5.74) is 7.83. The first-order valence-electron chi connectivity index (χ1n) is 7.04. The molecule has 2 aromatic rings. The van der Waals surface area contributed by atoms with Crippen LogP contribution < -0.4 is 10.5 Å². The van der Waals surface area contributed by atoms with Gasteiger partial charge in [0.25, 0.3) is 0 Å². The number of benzene rings is 2. The maximum Gasteiger partial charge on any atom is 0.165 e. The van der Waals surface area contributed by atoms with Gasteiger partial charge >= 0.3 is 0 Å². The largest absolute Gasteiger partial charge is 0.490 e. The first-order valence-corrected chi connectivity index (χ1v) is 8.03. The molecule has 2 nitrogen and oxygen atoms in total. The van der Waals surface area contributed by atoms with E-state index in [2.05, 4.69) is 12.1 Å². The van der Waals surface area contributed by atoms with Crippen LogP contribution >= 0.6 is 11.8 Å². The van der Waals surface area contributed by atoms with Gasteiger partial charge in [-0.2, -0.15) is 0 Å². The van der Waals surface area contributed by atoms with Crippen molar-refractivity contribution in [3.05, 3.63) is 59.4 Å². The van der Waals surface area contributed by atoms with Crippen molar-refractivity contribution >= 4 is 11.8 Å². The molecule has 21 heavy (non-hydrogen) atoms. The summed E-state index contributed by atoms with van der Waals surface area (Å²) < 4.78 is 19.7. The van der Waals surface area contributed by atoms with Gasteiger partial charge in [-0.05, 0) is 36.2 Å². The fourth-order valence-corrected chi connectivity index (χ4v) is 3.71. The maximum absolute atomic E-state index is 14.0. The second-order valence-corrected chi connectivity index (χ2v) is 6.40. The van der Waals surface area contributed by atoms with E-state index in [0.717, 1.165) is 11.3 Å². The van der Waals surface area contributed by atoms with Crippen molar-refractivity contribution in [1.29, 1.82) is 0 Å². The Morgan fingerprint density at radius 1 is 1.33 bits per heavy atom. The van der Waals surface area contributed by atoms with Crippen molar-refractivity contribution in [2.24, 2.45) is 5.73 Å². The van der Waals surface area contributed by atoms with Crippen molar-refractivity contribution in [1.82, 2.24) is 0 Å². The molecule has 1 aliphatic rings. The summed E-state index contributed by atoms with van der Waals surface area (Å²) in [5, 5.41) is 0. The highest BCUT2D eigenvalue weighted by molar-refractivity contribution is 7.99. The van der Waals surface area contributed by atoms with Crippen molar-refractivity contribution in [2.45, 2.75) is 23.8 Å². The van der Waals surface area contributed by atoms with Crippen molar-refractivity contribution in [3.8, 4) is 5.75 Å². The highest BCUT2D eigenvalue weighted by Crippen LogP contribution is 2.39. The monoisotopic (exact) mass is 303 g/mol. The first kappa shape index (κ1) is 14.4. The van der Waals surface area contributed by atoms with Gasteiger partial charge in [0.15, 0.2) is 11.6 Å². The summed E-state index contributed by atoms with van der Waals surface area (Å²) in [6, 6.07) is 13.1. The van der Waals surface area contributed by atoms with E-state index in [1.54, 1.807) is 6.07 Å². The summed E-state index contributed by atoms with van der Waals surface area (Å²) in [6.07, 6.45) is 0. The molecule has 0 aliphatic carbocycles. The Bertz CT molecular complexity index is 644. The zero-order valence-electron chi connectivity index (χ0n) is 11.9. The Morgan fingerprint density at radius 2 is 2.14 bits per heavy atom. The van der Waals surface area contributed by atoms with Gasteiger partial charge in [-0.15, -0.1) is 11.8 Å². The van der Waals surface area contributed by atoms with Crippen LogP contribution in [0.15, 0.2) is 47.4 Å². The molecule has 0 fully saturated rings. The minimum atomic E-state index is -0.344. The third-order valence-corrected chi connectivity index (χ3v) is 4.97. The van der Waals surface area contributed by atoms with Gasteiger partial charge in [0.1, 0.15) is 0 Å². The number of hydrogen-bond donors (Lipinski definition) is 1. The van der Waals surface area contributed by atoms with E-state index < -0.39 is 0 Å². The van der Waals surface area contributed by atoms with E-state index in [4.69, 9.17) is 10.5 Å². The Labute approximate surface area is 128 Å². The Morgan fingerprint density at radius 3 is 2.90 bits per heavy atom. The molecule has 1 aliphatic heterocycles. The van der Waals surface area contributed by atoms with E-state index in [-0.39, 0.29) is 11.9 Å². The number of thioether (sulfide) groups is 1. The molecule has 0 amide bonds. The van der Waals surface area contributed by atoms with Crippen LogP contribution in [-0.2, 0) is 0 Å². The maximum atomic E-state index is 14.0. The van der Waals surface area contributed by atoms with Crippen molar-refractivity contribution in [2.75, 3.05) is 12.4 Å². The summed E-state index contributed by atoms with van der Waals surface area (Å²) in [4.78, 5) is 1.30. The summed E-state index contributed by atoms with van der Waals surface area (Å²) in [7, 11) is 0. The van der Waals surface area contributed by atoms with Crippen LogP contribution in [-0.4, -0.2) is 12.4 Å². The van der Waals surface area contributed by atoms with Gasteiger partial charge in [0, 0.05) is 22.6 Å². The normalized spacial score (nSPS) is 18.3. The number of halogens is 1. The van der Waals surface area contributed by atoms with Crippen LogP contribution in [0.4, 0.5) is 4.39 Å². The topological polar surface area (TPSA) is 35.2 Å². The van der Waals surface area contributed by atoms with E-state index >= 15 is 0 Å². The quantitative estimate of drug-likeness (QED) is 0.923. The second kappa shape index (κ2) is 6.08. The van der Waals surface area contributed by atoms with Gasteiger partial charge in [-0.1, -0.05) is 24.3 Å². The summed E-state index contributed by atoms with van der Waals surface area (Å²) in [6.45, 7) is 2.33. The first-order chi connectivity index (χ1) is 10.1. The SMILES string of the molecule is CC(N)c1ccc(OCC2CSc3ccccc32)c(F)c1. The zero-order chi connectivity index (χ0) is 14.8. The number of hydrogen-bond acceptors (Lipinski definition) is 3. The fourth-order valence-electron chi connectivity index (χ4n) is 2.48. The van der Waals surface area contributed by atoms with Crippen LogP contribution in [0.25, 0.3) is 0 Å². The second-order valence-electron chi connectivity index (χ2n) is 5.34. The predicted octanol–water partition coefficient (Wildman–Crippen LogP) is 4.11. The number of ether oxygens (including phenoxy) is 1. The molecule has 1 heterocycles. The van der Waals surface area contributed by atoms with Crippen LogP contribution in [0, 0.1) is 5.82 Å². The minimum Gasteiger partial charge on any atom is -0.490 e. The lowest BCUT2D eigenvalue weighted by molar-refractivity contribution is 0.283. The highest BCUT2D eigenvalue weighted by Gasteiger charge is 2.23. The van der Waals surface area contributed by atoms with E-state index in [1.165, 1.54) is 16.5 Å². The molecule has 0 spiro atoms. The van der Waals surface area contributed by atoms with Gasteiger partial charge in [0.05, 0.1) is 6.61 Å². The third-order valence-electron chi connectivity index (χ3n) is 3.72. The van der Waals surface area contributed by atoms with Crippen molar-refractivity contribution < 1.29 is 9.13 Å². The molecule has 0 aromatic heterocycles. The Hall–Kier alpha value is -1.52. The molecule has 2 aromatic carbocycles. The zero-order valence-corrected chi connectivity index (χ0v) is 12.7. The number of nitrogens with two attached hydrogens (primary N) is 1. The minimum absolute atomic E-state index is 0.174. The van der Waals surface area contributed by atoms with E-state index in [9.17, 15) is 4.39 Å². The Balaban J connectivity index is 1.69. The van der Waals surface area contributed by atoms with Crippen molar-refractivity contribution in [3.63, 3.8) is 0 Å². The predicted molar refractivity (Wildman–Crippen MR) is 84.4 cm³/mol. The lowest BCUT2D eigenvalue weighted by atomic mass is 10.0. The summed E-state index contributed by atoms with van der Waals surface area (Å²) in [5.74, 6) is 1.26. The highest BCUT2D eigenvalue weighted by atomic mass is 32.2. The third kappa shape index (κ3) is 3.06. The smallest absolute Gasteiger partial charge is 0.165 e. The van der Waals surface area contributed by atoms with Gasteiger partial charge < -0.3 is 10.5 Å². The fraction of sp³-hybridized carbons (Fsp3) is 0.294. The molecule has 2 atom stereocenters. The molecule has 0 saturated carbocycles. The number of rotatable bonds is 4. The lowest BCUT2D eigenvalue weighted by Gasteiger charge is -2.14. The van der Waals surface area contributed by atoms with Gasteiger partial charge in [-0.25, -0.2) is 4.39 Å². The Kier molecular flexibility index (Phi) is 4.17. The molecule has 4 heteroatoms. The standard InChI is InChI=1S/C17H18FNOS/c1-11(19)12-6-7-16(15(18)8-12)20-9-13-10-21-17-5-3-2-4-14(13)17/h2-8,11,13H,9-10,19H2,1H3. The van der Waals surface area contributed by atoms with Crippen LogP contribution in [0.5, 0.6) is 5.75 Å². The molecule has 2 N–H and O–H groups in total. The van der Waals surface area contributed by atoms with Gasteiger partial charge in [-0.3, -0.25) is 0 Å². The average Bonchev–Trinajstić information content (AvgIpc) is 2.89.